The van der Waals surface area contributed by atoms with E-state index >= 15 is 0 Å². The first kappa shape index (κ1) is 20.2. The van der Waals surface area contributed by atoms with E-state index in [-0.39, 0.29) is 23.7 Å². The first-order valence-electron chi connectivity index (χ1n) is 8.72. The summed E-state index contributed by atoms with van der Waals surface area (Å²) in [6.45, 7) is 1.61. The minimum absolute atomic E-state index is 0.0587. The number of hydrogen-bond acceptors (Lipinski definition) is 8. The number of aryl methyl sites for hydroxylation is 1. The maximum atomic E-state index is 12.7. The first-order chi connectivity index (χ1) is 12.6. The Hall–Kier alpha value is -1.52. The maximum Gasteiger partial charge on any atom is 0.227 e. The van der Waals surface area contributed by atoms with Crippen molar-refractivity contribution < 1.29 is 27.8 Å². The molecule has 1 aromatic heterocycles. The minimum atomic E-state index is -3.38. The molecule has 0 aliphatic carbocycles. The molecule has 0 aromatic carbocycles. The lowest BCUT2D eigenvalue weighted by Crippen LogP contribution is -2.46. The van der Waals surface area contributed by atoms with Gasteiger partial charge in [0.25, 0.3) is 0 Å². The highest BCUT2D eigenvalue weighted by Crippen LogP contribution is 2.44. The van der Waals surface area contributed by atoms with E-state index in [9.17, 15) is 28.2 Å². The summed E-state index contributed by atoms with van der Waals surface area (Å²) in [5.74, 6) is 0.359. The smallest absolute Gasteiger partial charge is 0.227 e. The van der Waals surface area contributed by atoms with Crippen molar-refractivity contribution in [3.63, 3.8) is 0 Å². The highest BCUT2D eigenvalue weighted by atomic mass is 32.2. The third kappa shape index (κ3) is 4.33. The second-order valence-corrected chi connectivity index (χ2v) is 10.7. The number of thioether (sulfide) groups is 1. The number of rotatable bonds is 4. The molecule has 3 rings (SSSR count). The van der Waals surface area contributed by atoms with E-state index in [2.05, 4.69) is 5.32 Å². The fourth-order valence-corrected chi connectivity index (χ4v) is 6.76. The average Bonchev–Trinajstić information content (AvgIpc) is 2.83. The van der Waals surface area contributed by atoms with Crippen LogP contribution in [0.5, 0.6) is 5.75 Å². The molecule has 3 N–H and O–H groups in total. The predicted molar refractivity (Wildman–Crippen MR) is 101 cm³/mol. The number of aliphatic hydroxyl groups excluding tert-OH is 1. The van der Waals surface area contributed by atoms with Crippen molar-refractivity contribution in [3.8, 4) is 5.75 Å². The summed E-state index contributed by atoms with van der Waals surface area (Å²) in [5.41, 5.74) is -1.39. The van der Waals surface area contributed by atoms with E-state index in [0.717, 1.165) is 11.5 Å². The van der Waals surface area contributed by atoms with E-state index < -0.39 is 44.5 Å². The van der Waals surface area contributed by atoms with Crippen LogP contribution in [0, 0.1) is 6.92 Å². The van der Waals surface area contributed by atoms with E-state index in [1.807, 2.05) is 0 Å². The standard InChI is InChI=1S/C17H23NO7S2/c1-10-6-12(19)15(22)16(25-10)17(2-4-26-5-3-17)7-14(21)18-11-8-27(23,24)9-13(11)20/h6,11,13,20,22H,2-5,7-9H2,1H3,(H,18,21). The Labute approximate surface area is 161 Å². The van der Waals surface area contributed by atoms with Gasteiger partial charge in [-0.15, -0.1) is 0 Å². The van der Waals surface area contributed by atoms with E-state index in [0.29, 0.717) is 18.6 Å². The fraction of sp³-hybridized carbons (Fsp3) is 0.647. The third-order valence-electron chi connectivity index (χ3n) is 5.15. The number of aliphatic hydroxyl groups is 1. The molecule has 2 saturated heterocycles. The second-order valence-electron chi connectivity index (χ2n) is 7.29. The molecule has 1 amide bonds. The molecule has 0 spiro atoms. The van der Waals surface area contributed by atoms with Crippen LogP contribution in [-0.4, -0.2) is 59.7 Å². The monoisotopic (exact) mass is 417 g/mol. The summed E-state index contributed by atoms with van der Waals surface area (Å²) in [5, 5.41) is 22.8. The van der Waals surface area contributed by atoms with Crippen molar-refractivity contribution in [2.45, 2.75) is 43.7 Å². The van der Waals surface area contributed by atoms with Crippen molar-refractivity contribution in [1.29, 1.82) is 0 Å². The van der Waals surface area contributed by atoms with Crippen molar-refractivity contribution in [3.05, 3.63) is 27.8 Å². The number of hydrogen-bond donors (Lipinski definition) is 3. The Morgan fingerprint density at radius 3 is 2.63 bits per heavy atom. The zero-order valence-corrected chi connectivity index (χ0v) is 16.6. The molecule has 1 aromatic rings. The quantitative estimate of drug-likeness (QED) is 0.627. The highest BCUT2D eigenvalue weighted by molar-refractivity contribution is 7.99. The van der Waals surface area contributed by atoms with Crippen LogP contribution in [0.2, 0.25) is 0 Å². The van der Waals surface area contributed by atoms with Gasteiger partial charge in [-0.25, -0.2) is 8.42 Å². The summed E-state index contributed by atoms with van der Waals surface area (Å²) in [7, 11) is -3.38. The molecule has 2 fully saturated rings. The first-order valence-corrected chi connectivity index (χ1v) is 11.7. The SMILES string of the molecule is Cc1cc(=O)c(O)c(C2(CC(=O)NC3CS(=O)(=O)CC3O)CCSCC2)o1. The van der Waals surface area contributed by atoms with Crippen molar-refractivity contribution in [1.82, 2.24) is 5.32 Å². The van der Waals surface area contributed by atoms with Crippen LogP contribution in [0.1, 0.15) is 30.8 Å². The van der Waals surface area contributed by atoms with E-state index in [1.54, 1.807) is 18.7 Å². The summed E-state index contributed by atoms with van der Waals surface area (Å²) >= 11 is 1.71. The number of aromatic hydroxyl groups is 1. The zero-order valence-electron chi connectivity index (χ0n) is 14.9. The Kier molecular flexibility index (Phi) is 5.60. The maximum absolute atomic E-state index is 12.7. The molecule has 3 heterocycles. The molecule has 0 radical (unpaired) electrons. The van der Waals surface area contributed by atoms with Crippen LogP contribution in [-0.2, 0) is 20.0 Å². The van der Waals surface area contributed by atoms with Gasteiger partial charge in [-0.05, 0) is 31.3 Å². The van der Waals surface area contributed by atoms with Gasteiger partial charge in [0.15, 0.2) is 15.6 Å². The Bertz CT molecular complexity index is 887. The number of carbonyl (C=O) groups excluding carboxylic acids is 1. The summed E-state index contributed by atoms with van der Waals surface area (Å²) in [6, 6.07) is 0.347. The average molecular weight is 418 g/mol. The van der Waals surface area contributed by atoms with Crippen LogP contribution in [0.3, 0.4) is 0 Å². The van der Waals surface area contributed by atoms with Gasteiger partial charge in [0.2, 0.25) is 17.1 Å². The van der Waals surface area contributed by atoms with Crippen LogP contribution in [0.25, 0.3) is 0 Å². The van der Waals surface area contributed by atoms with Crippen LogP contribution >= 0.6 is 11.8 Å². The van der Waals surface area contributed by atoms with Gasteiger partial charge in [-0.2, -0.15) is 11.8 Å². The van der Waals surface area contributed by atoms with Gasteiger partial charge in [0.05, 0.1) is 23.7 Å². The predicted octanol–water partition coefficient (Wildman–Crippen LogP) is 0.0828. The summed E-state index contributed by atoms with van der Waals surface area (Å²) in [4.78, 5) is 24.7. The molecule has 2 atom stereocenters. The van der Waals surface area contributed by atoms with Crippen LogP contribution < -0.4 is 10.7 Å². The molecule has 150 valence electrons. The van der Waals surface area contributed by atoms with Crippen molar-refractivity contribution >= 4 is 27.5 Å². The number of nitrogens with one attached hydrogen (secondary N) is 1. The Morgan fingerprint density at radius 1 is 1.37 bits per heavy atom. The minimum Gasteiger partial charge on any atom is -0.502 e. The normalized spacial score (nSPS) is 26.6. The molecule has 2 aliphatic rings. The molecule has 2 aliphatic heterocycles. The molecule has 8 nitrogen and oxygen atoms in total. The van der Waals surface area contributed by atoms with Gasteiger partial charge < -0.3 is 19.9 Å². The van der Waals surface area contributed by atoms with Crippen molar-refractivity contribution in [2.24, 2.45) is 0 Å². The molecular formula is C17H23NO7S2. The molecule has 0 saturated carbocycles. The Balaban J connectivity index is 1.86. The van der Waals surface area contributed by atoms with Gasteiger partial charge in [0, 0.05) is 17.9 Å². The van der Waals surface area contributed by atoms with E-state index in [1.165, 1.54) is 6.07 Å². The molecule has 27 heavy (non-hydrogen) atoms. The van der Waals surface area contributed by atoms with E-state index in [4.69, 9.17) is 4.42 Å². The van der Waals surface area contributed by atoms with Gasteiger partial charge in [-0.1, -0.05) is 0 Å². The van der Waals surface area contributed by atoms with Crippen LogP contribution in [0.4, 0.5) is 0 Å². The second kappa shape index (κ2) is 7.48. The lowest BCUT2D eigenvalue weighted by atomic mass is 9.75. The van der Waals surface area contributed by atoms with Gasteiger partial charge in [0.1, 0.15) is 5.76 Å². The number of sulfone groups is 1. The third-order valence-corrected chi connectivity index (χ3v) is 7.85. The summed E-state index contributed by atoms with van der Waals surface area (Å²) < 4.78 is 28.9. The lowest BCUT2D eigenvalue weighted by Gasteiger charge is -2.36. The topological polar surface area (TPSA) is 134 Å². The lowest BCUT2D eigenvalue weighted by molar-refractivity contribution is -0.123. The highest BCUT2D eigenvalue weighted by Gasteiger charge is 2.43. The Morgan fingerprint density at radius 2 is 2.04 bits per heavy atom. The van der Waals surface area contributed by atoms with Crippen molar-refractivity contribution in [2.75, 3.05) is 23.0 Å². The number of carbonyl (C=O) groups is 1. The molecule has 0 bridgehead atoms. The zero-order chi connectivity index (χ0) is 19.8. The fourth-order valence-electron chi connectivity index (χ4n) is 3.74. The summed E-state index contributed by atoms with van der Waals surface area (Å²) in [6.07, 6.45) is -0.119. The molecular weight excluding hydrogens is 394 g/mol. The van der Waals surface area contributed by atoms with Gasteiger partial charge in [-0.3, -0.25) is 9.59 Å². The number of amides is 1. The van der Waals surface area contributed by atoms with Gasteiger partial charge >= 0.3 is 0 Å². The largest absolute Gasteiger partial charge is 0.502 e. The van der Waals surface area contributed by atoms with Crippen LogP contribution in [0.15, 0.2) is 15.3 Å². The molecule has 2 unspecified atom stereocenters. The molecule has 10 heteroatoms.